The van der Waals surface area contributed by atoms with Gasteiger partial charge in [0.25, 0.3) is 0 Å². The molecule has 1 aromatic rings. The van der Waals surface area contributed by atoms with Crippen molar-refractivity contribution in [1.29, 1.82) is 0 Å². The molecule has 1 aromatic carbocycles. The first-order valence-electron chi connectivity index (χ1n) is 3.99. The van der Waals surface area contributed by atoms with E-state index in [0.29, 0.717) is 11.3 Å². The molecule has 0 N–H and O–H groups in total. The fraction of sp³-hybridized carbons (Fsp3) is 0.100. The van der Waals surface area contributed by atoms with Crippen LogP contribution in [0.5, 0.6) is 0 Å². The first-order valence-corrected chi connectivity index (χ1v) is 5.07. The van der Waals surface area contributed by atoms with E-state index in [1.54, 1.807) is 6.08 Å². The molecule has 0 unspecified atom stereocenters. The minimum absolute atomic E-state index is 0.457. The summed E-state index contributed by atoms with van der Waals surface area (Å²) in [6, 6.07) is 7.75. The summed E-state index contributed by atoms with van der Waals surface area (Å²) in [4.78, 5) is 0.457. The topological polar surface area (TPSA) is 34.1 Å². The maximum absolute atomic E-state index is 10.7. The Labute approximate surface area is 77.4 Å². The largest absolute Gasteiger partial charge is 0.217 e. The van der Waals surface area contributed by atoms with Crippen molar-refractivity contribution in [2.24, 2.45) is 0 Å². The first-order chi connectivity index (χ1) is 6.27. The lowest BCUT2D eigenvalue weighted by molar-refractivity contribution is 0.627. The van der Waals surface area contributed by atoms with Crippen molar-refractivity contribution in [3.05, 3.63) is 34.7 Å². The van der Waals surface area contributed by atoms with E-state index in [0.717, 1.165) is 10.4 Å². The predicted octanol–water partition coefficient (Wildman–Crippen LogP) is -0.297. The summed E-state index contributed by atoms with van der Waals surface area (Å²) < 4.78 is 21.4. The van der Waals surface area contributed by atoms with Gasteiger partial charge in [-0.05, 0) is 16.5 Å². The van der Waals surface area contributed by atoms with Crippen LogP contribution in [0.3, 0.4) is 0 Å². The van der Waals surface area contributed by atoms with E-state index < -0.39 is 10.3 Å². The van der Waals surface area contributed by atoms with Crippen LogP contribution in [-0.2, 0) is 10.3 Å². The first kappa shape index (κ1) is 8.26. The van der Waals surface area contributed by atoms with Crippen molar-refractivity contribution in [3.63, 3.8) is 0 Å². The fourth-order valence-electron chi connectivity index (χ4n) is 1.39. The number of rotatable bonds is 0. The molecule has 1 aliphatic carbocycles. The molecule has 0 saturated carbocycles. The van der Waals surface area contributed by atoms with Crippen LogP contribution in [0, 0.1) is 0 Å². The van der Waals surface area contributed by atoms with E-state index in [1.807, 2.05) is 30.3 Å². The van der Waals surface area contributed by atoms with E-state index in [1.165, 1.54) is 0 Å². The Hall–Kier alpha value is -1.35. The van der Waals surface area contributed by atoms with E-state index in [4.69, 9.17) is 0 Å². The summed E-state index contributed by atoms with van der Waals surface area (Å²) >= 11 is 0. The molecule has 0 aliphatic heterocycles. The van der Waals surface area contributed by atoms with Gasteiger partial charge in [0.1, 0.15) is 0 Å². The lowest BCUT2D eigenvalue weighted by atomic mass is 10.1. The van der Waals surface area contributed by atoms with Gasteiger partial charge in [-0.1, -0.05) is 30.3 Å². The van der Waals surface area contributed by atoms with Crippen LogP contribution >= 0.6 is 0 Å². The highest BCUT2D eigenvalue weighted by Crippen LogP contribution is 1.91. The zero-order chi connectivity index (χ0) is 9.26. The minimum Gasteiger partial charge on any atom is -0.184 e. The van der Waals surface area contributed by atoms with Crippen molar-refractivity contribution in [2.75, 3.05) is 0 Å². The van der Waals surface area contributed by atoms with Crippen LogP contribution in [0.15, 0.2) is 24.3 Å². The van der Waals surface area contributed by atoms with E-state index in [2.05, 4.69) is 0 Å². The van der Waals surface area contributed by atoms with Crippen molar-refractivity contribution < 1.29 is 8.42 Å². The molecule has 3 heteroatoms. The molecule has 2 nitrogen and oxygen atoms in total. The average Bonchev–Trinajstić information content (AvgIpc) is 2.17. The third kappa shape index (κ3) is 1.55. The third-order valence-corrected chi connectivity index (χ3v) is 2.76. The van der Waals surface area contributed by atoms with Crippen molar-refractivity contribution in [1.82, 2.24) is 0 Å². The Morgan fingerprint density at radius 1 is 1.08 bits per heavy atom. The van der Waals surface area contributed by atoms with Gasteiger partial charge in [0.2, 0.25) is 10.3 Å². The summed E-state index contributed by atoms with van der Waals surface area (Å²) in [6.45, 7) is 0. The zero-order valence-corrected chi connectivity index (χ0v) is 7.71. The molecule has 0 spiro atoms. The van der Waals surface area contributed by atoms with Gasteiger partial charge in [-0.25, -0.2) is 0 Å². The van der Waals surface area contributed by atoms with E-state index in [9.17, 15) is 8.42 Å². The van der Waals surface area contributed by atoms with Gasteiger partial charge >= 0.3 is 0 Å². The molecule has 0 aromatic heterocycles. The molecule has 13 heavy (non-hydrogen) atoms. The van der Waals surface area contributed by atoms with Crippen LogP contribution in [0.25, 0.3) is 12.2 Å². The molecule has 0 radical (unpaired) electrons. The second-order valence-corrected chi connectivity index (χ2v) is 3.88. The predicted molar refractivity (Wildman–Crippen MR) is 53.2 cm³/mol. The Morgan fingerprint density at radius 2 is 1.77 bits per heavy atom. The quantitative estimate of drug-likeness (QED) is 0.529. The normalized spacial score (nSPS) is 14.0. The lowest BCUT2D eigenvalue weighted by Gasteiger charge is -1.98. The average molecular weight is 192 g/mol. The van der Waals surface area contributed by atoms with E-state index >= 15 is 0 Å². The Balaban J connectivity index is 2.84. The van der Waals surface area contributed by atoms with Crippen LogP contribution in [0.4, 0.5) is 0 Å². The highest BCUT2D eigenvalue weighted by molar-refractivity contribution is 7.73. The van der Waals surface area contributed by atoms with Gasteiger partial charge in [-0.15, -0.1) is 0 Å². The van der Waals surface area contributed by atoms with Crippen molar-refractivity contribution in [3.8, 4) is 0 Å². The highest BCUT2D eigenvalue weighted by atomic mass is 32.2. The monoisotopic (exact) mass is 192 g/mol. The van der Waals surface area contributed by atoms with Crippen LogP contribution in [-0.4, -0.2) is 13.3 Å². The van der Waals surface area contributed by atoms with Gasteiger partial charge in [0.15, 0.2) is 0 Å². The van der Waals surface area contributed by atoms with Crippen LogP contribution in [0.1, 0.15) is 6.42 Å². The number of fused-ring (bicyclic) bond motifs is 1. The second kappa shape index (κ2) is 3.18. The standard InChI is InChI=1S/C10H8O2S/c11-13(12)10-6-5-8-3-1-2-4-9(8)7-10/h1-5,7H,6H2. The fourth-order valence-corrected chi connectivity index (χ4v) is 1.83. The van der Waals surface area contributed by atoms with Gasteiger partial charge < -0.3 is 0 Å². The van der Waals surface area contributed by atoms with Crippen molar-refractivity contribution >= 4 is 27.3 Å². The Morgan fingerprint density at radius 3 is 2.46 bits per heavy atom. The molecule has 1 aliphatic rings. The molecule has 0 fully saturated rings. The Kier molecular flexibility index (Phi) is 2.02. The number of hydrogen-bond donors (Lipinski definition) is 0. The Bertz CT molecular complexity index is 572. The summed E-state index contributed by atoms with van der Waals surface area (Å²) in [5, 5.41) is 2.09. The summed E-state index contributed by atoms with van der Waals surface area (Å²) in [7, 11) is -2.08. The molecule has 0 heterocycles. The molecule has 2 rings (SSSR count). The second-order valence-electron chi connectivity index (χ2n) is 2.88. The van der Waals surface area contributed by atoms with Gasteiger partial charge in [-0.2, -0.15) is 8.42 Å². The lowest BCUT2D eigenvalue weighted by Crippen LogP contribution is -2.28. The summed E-state index contributed by atoms with van der Waals surface area (Å²) in [5.41, 5.74) is 0. The van der Waals surface area contributed by atoms with E-state index in [-0.39, 0.29) is 0 Å². The number of benzene rings is 1. The van der Waals surface area contributed by atoms with Crippen LogP contribution in [0.2, 0.25) is 0 Å². The van der Waals surface area contributed by atoms with Crippen LogP contribution < -0.4 is 10.4 Å². The number of hydrogen-bond acceptors (Lipinski definition) is 2. The molecule has 0 amide bonds. The minimum atomic E-state index is -2.08. The maximum Gasteiger partial charge on any atom is 0.217 e. The van der Waals surface area contributed by atoms with Gasteiger partial charge in [0, 0.05) is 6.42 Å². The zero-order valence-electron chi connectivity index (χ0n) is 6.90. The molecular formula is C10H8O2S. The molecule has 0 atom stereocenters. The summed E-state index contributed by atoms with van der Waals surface area (Å²) in [6.07, 6.45) is 4.16. The highest BCUT2D eigenvalue weighted by Gasteiger charge is 1.99. The molecule has 0 saturated heterocycles. The van der Waals surface area contributed by atoms with Gasteiger partial charge in [-0.3, -0.25) is 0 Å². The molecular weight excluding hydrogens is 184 g/mol. The third-order valence-electron chi connectivity index (χ3n) is 2.05. The SMILES string of the molecule is O=S(=O)=C1C=c2ccccc2=CC1. The van der Waals surface area contributed by atoms with Gasteiger partial charge in [0.05, 0.1) is 4.86 Å². The molecule has 0 bridgehead atoms. The molecule has 66 valence electrons. The summed E-state index contributed by atoms with van der Waals surface area (Å²) in [5.74, 6) is 0. The maximum atomic E-state index is 10.7. The smallest absolute Gasteiger partial charge is 0.184 e. The van der Waals surface area contributed by atoms with Crippen molar-refractivity contribution in [2.45, 2.75) is 6.42 Å².